The monoisotopic (exact) mass is 443 g/mol. The number of rotatable bonds is 9. The summed E-state index contributed by atoms with van der Waals surface area (Å²) in [7, 11) is 0. The number of Topliss-reactive ketones (excluding diaryl/α,β-unsaturated/α-hetero) is 1. The molecule has 1 atom stereocenters. The Morgan fingerprint density at radius 3 is 2.26 bits per heavy atom. The molecule has 0 saturated heterocycles. The summed E-state index contributed by atoms with van der Waals surface area (Å²) < 4.78 is 29.9. The molecule has 160 valence electrons. The maximum Gasteiger partial charge on any atom is 0.387 e. The first-order valence-corrected chi connectivity index (χ1v) is 9.96. The predicted octanol–water partition coefficient (Wildman–Crippen LogP) is 5.09. The Hall–Kier alpha value is -3.25. The maximum absolute atomic E-state index is 13.1. The lowest BCUT2D eigenvalue weighted by Crippen LogP contribution is -2.43. The van der Waals surface area contributed by atoms with Crippen molar-refractivity contribution in [3.63, 3.8) is 0 Å². The van der Waals surface area contributed by atoms with Gasteiger partial charge in [-0.25, -0.2) is 0 Å². The molecule has 0 radical (unpaired) electrons. The fraction of sp³-hybridized carbons (Fsp3) is 0.167. The molecule has 0 fully saturated rings. The Labute approximate surface area is 183 Å². The Morgan fingerprint density at radius 1 is 0.903 bits per heavy atom. The Bertz CT molecular complexity index is 1040. The number of nitrogens with one attached hydrogen (secondary N) is 1. The first-order valence-electron chi connectivity index (χ1n) is 9.59. The Balaban J connectivity index is 1.83. The summed E-state index contributed by atoms with van der Waals surface area (Å²) in [6.45, 7) is -3.00. The Kier molecular flexibility index (Phi) is 7.73. The number of carbonyl (C=O) groups is 2. The fourth-order valence-corrected chi connectivity index (χ4v) is 3.37. The van der Waals surface area contributed by atoms with E-state index in [1.165, 1.54) is 6.07 Å². The van der Waals surface area contributed by atoms with Crippen molar-refractivity contribution in [2.45, 2.75) is 25.5 Å². The van der Waals surface area contributed by atoms with Crippen LogP contribution in [0.2, 0.25) is 5.02 Å². The molecule has 7 heteroatoms. The molecule has 1 unspecified atom stereocenters. The van der Waals surface area contributed by atoms with Crippen molar-refractivity contribution in [2.24, 2.45) is 0 Å². The number of carbonyl (C=O) groups excluding carboxylic acids is 2. The molecule has 0 aromatic heterocycles. The van der Waals surface area contributed by atoms with Gasteiger partial charge in [0.2, 0.25) is 0 Å². The minimum atomic E-state index is -3.00. The van der Waals surface area contributed by atoms with Gasteiger partial charge < -0.3 is 10.1 Å². The highest BCUT2D eigenvalue weighted by atomic mass is 35.5. The van der Waals surface area contributed by atoms with Crippen molar-refractivity contribution >= 4 is 23.3 Å². The molecule has 3 aromatic carbocycles. The van der Waals surface area contributed by atoms with E-state index in [0.29, 0.717) is 5.56 Å². The number of hydrogen-bond donors (Lipinski definition) is 1. The molecular weight excluding hydrogens is 424 g/mol. The van der Waals surface area contributed by atoms with Gasteiger partial charge in [0.25, 0.3) is 5.91 Å². The SMILES string of the molecule is O=C(NC(Cc1ccccc1)C(=O)Cc1ccccc1OC(F)F)c1ccccc1Cl. The smallest absolute Gasteiger partial charge is 0.387 e. The third-order valence-electron chi connectivity index (χ3n) is 4.65. The highest BCUT2D eigenvalue weighted by Crippen LogP contribution is 2.22. The summed E-state index contributed by atoms with van der Waals surface area (Å²) in [5.74, 6) is -0.895. The predicted molar refractivity (Wildman–Crippen MR) is 115 cm³/mol. The van der Waals surface area contributed by atoms with Crippen LogP contribution in [0.15, 0.2) is 78.9 Å². The second-order valence-electron chi connectivity index (χ2n) is 6.82. The van der Waals surface area contributed by atoms with Crippen LogP contribution < -0.4 is 10.1 Å². The van der Waals surface area contributed by atoms with E-state index < -0.39 is 18.6 Å². The molecule has 1 N–H and O–H groups in total. The molecule has 0 saturated carbocycles. The fourth-order valence-electron chi connectivity index (χ4n) is 3.15. The number of halogens is 3. The van der Waals surface area contributed by atoms with E-state index in [1.807, 2.05) is 30.3 Å². The summed E-state index contributed by atoms with van der Waals surface area (Å²) >= 11 is 6.11. The van der Waals surface area contributed by atoms with Crippen LogP contribution in [0, 0.1) is 0 Å². The summed E-state index contributed by atoms with van der Waals surface area (Å²) in [6, 6.07) is 20.9. The molecule has 3 aromatic rings. The number of benzene rings is 3. The van der Waals surface area contributed by atoms with E-state index in [1.54, 1.807) is 42.5 Å². The van der Waals surface area contributed by atoms with E-state index in [9.17, 15) is 18.4 Å². The van der Waals surface area contributed by atoms with E-state index in [2.05, 4.69) is 10.1 Å². The standard InChI is InChI=1S/C24H20ClF2NO3/c25-19-12-6-5-11-18(19)23(30)28-20(14-16-8-2-1-3-9-16)21(29)15-17-10-4-7-13-22(17)31-24(26)27/h1-13,20,24H,14-15H2,(H,28,30). The van der Waals surface area contributed by atoms with Crippen LogP contribution in [0.3, 0.4) is 0 Å². The second-order valence-corrected chi connectivity index (χ2v) is 7.23. The van der Waals surface area contributed by atoms with Crippen LogP contribution in [-0.4, -0.2) is 24.3 Å². The van der Waals surface area contributed by atoms with Gasteiger partial charge in [-0.2, -0.15) is 8.78 Å². The van der Waals surface area contributed by atoms with E-state index in [4.69, 9.17) is 11.6 Å². The van der Waals surface area contributed by atoms with Crippen molar-refractivity contribution in [2.75, 3.05) is 0 Å². The van der Waals surface area contributed by atoms with Crippen LogP contribution in [0.25, 0.3) is 0 Å². The lowest BCUT2D eigenvalue weighted by molar-refractivity contribution is -0.120. The molecule has 31 heavy (non-hydrogen) atoms. The topological polar surface area (TPSA) is 55.4 Å². The van der Waals surface area contributed by atoms with E-state index in [0.717, 1.165) is 5.56 Å². The number of ether oxygens (including phenoxy) is 1. The van der Waals surface area contributed by atoms with Crippen molar-refractivity contribution in [3.8, 4) is 5.75 Å². The van der Waals surface area contributed by atoms with Crippen molar-refractivity contribution in [1.29, 1.82) is 0 Å². The minimum absolute atomic E-state index is 0.0678. The summed E-state index contributed by atoms with van der Waals surface area (Å²) in [5.41, 5.74) is 1.41. The number of ketones is 1. The van der Waals surface area contributed by atoms with Gasteiger partial charge in [-0.15, -0.1) is 0 Å². The van der Waals surface area contributed by atoms with Gasteiger partial charge in [-0.1, -0.05) is 72.3 Å². The molecule has 4 nitrogen and oxygen atoms in total. The number of amides is 1. The highest BCUT2D eigenvalue weighted by molar-refractivity contribution is 6.33. The molecule has 0 aliphatic carbocycles. The molecule has 3 rings (SSSR count). The molecule has 0 aliphatic rings. The Morgan fingerprint density at radius 2 is 1.55 bits per heavy atom. The quantitative estimate of drug-likeness (QED) is 0.501. The molecule has 0 heterocycles. The third kappa shape index (κ3) is 6.36. The number of hydrogen-bond acceptors (Lipinski definition) is 3. The molecular formula is C24H20ClF2NO3. The molecule has 1 amide bonds. The first kappa shape index (κ1) is 22.4. The maximum atomic E-state index is 13.1. The van der Waals surface area contributed by atoms with Gasteiger partial charge in [-0.05, 0) is 30.2 Å². The normalized spacial score (nSPS) is 11.7. The largest absolute Gasteiger partial charge is 0.435 e. The zero-order valence-corrected chi connectivity index (χ0v) is 17.2. The van der Waals surface area contributed by atoms with Crippen LogP contribution >= 0.6 is 11.6 Å². The van der Waals surface area contributed by atoms with Crippen molar-refractivity contribution < 1.29 is 23.1 Å². The van der Waals surface area contributed by atoms with Gasteiger partial charge in [0.1, 0.15) is 5.75 Å². The molecule has 0 bridgehead atoms. The molecule has 0 spiro atoms. The second kappa shape index (κ2) is 10.7. The average Bonchev–Trinajstić information content (AvgIpc) is 2.75. The summed E-state index contributed by atoms with van der Waals surface area (Å²) in [4.78, 5) is 25.9. The van der Waals surface area contributed by atoms with Crippen molar-refractivity contribution in [1.82, 2.24) is 5.32 Å². The third-order valence-corrected chi connectivity index (χ3v) is 4.98. The zero-order valence-electron chi connectivity index (χ0n) is 16.4. The number of para-hydroxylation sites is 1. The van der Waals surface area contributed by atoms with Gasteiger partial charge in [0.15, 0.2) is 5.78 Å². The summed E-state index contributed by atoms with van der Waals surface area (Å²) in [6.07, 6.45) is 0.0664. The van der Waals surface area contributed by atoms with E-state index >= 15 is 0 Å². The zero-order chi connectivity index (χ0) is 22.2. The van der Waals surface area contributed by atoms with Crippen LogP contribution in [0.1, 0.15) is 21.5 Å². The van der Waals surface area contributed by atoms with Crippen LogP contribution in [-0.2, 0) is 17.6 Å². The average molecular weight is 444 g/mol. The van der Waals surface area contributed by atoms with Gasteiger partial charge >= 0.3 is 6.61 Å². The lowest BCUT2D eigenvalue weighted by Gasteiger charge is -2.19. The van der Waals surface area contributed by atoms with Gasteiger partial charge in [0, 0.05) is 12.0 Å². The minimum Gasteiger partial charge on any atom is -0.435 e. The van der Waals surface area contributed by atoms with Crippen molar-refractivity contribution in [3.05, 3.63) is 101 Å². The number of alkyl halides is 2. The highest BCUT2D eigenvalue weighted by Gasteiger charge is 2.24. The van der Waals surface area contributed by atoms with E-state index in [-0.39, 0.29) is 35.0 Å². The van der Waals surface area contributed by atoms with Gasteiger partial charge in [-0.3, -0.25) is 9.59 Å². The van der Waals surface area contributed by atoms with Crippen LogP contribution in [0.4, 0.5) is 8.78 Å². The first-order chi connectivity index (χ1) is 14.9. The van der Waals surface area contributed by atoms with Crippen LogP contribution in [0.5, 0.6) is 5.75 Å². The lowest BCUT2D eigenvalue weighted by atomic mass is 9.97. The van der Waals surface area contributed by atoms with Gasteiger partial charge in [0.05, 0.1) is 16.6 Å². The summed E-state index contributed by atoms with van der Waals surface area (Å²) in [5, 5.41) is 3.01. The molecule has 0 aliphatic heterocycles.